The van der Waals surface area contributed by atoms with Crippen LogP contribution in [0.2, 0.25) is 0 Å². The lowest BCUT2D eigenvalue weighted by Crippen LogP contribution is -2.45. The van der Waals surface area contributed by atoms with Crippen LogP contribution in [0.25, 0.3) is 11.0 Å². The average molecular weight is 288 g/mol. The minimum atomic E-state index is -0.572. The van der Waals surface area contributed by atoms with E-state index in [1.54, 1.807) is 7.11 Å². The van der Waals surface area contributed by atoms with Crippen LogP contribution in [0.4, 0.5) is 0 Å². The molecule has 112 valence electrons. The number of aryl methyl sites for hydroxylation is 1. The molecule has 0 bridgehead atoms. The molecule has 1 aliphatic rings. The molecular formula is C16H20N2O3. The van der Waals surface area contributed by atoms with E-state index in [4.69, 9.17) is 14.5 Å². The van der Waals surface area contributed by atoms with E-state index in [-0.39, 0.29) is 5.97 Å². The van der Waals surface area contributed by atoms with Crippen LogP contribution in [-0.2, 0) is 22.0 Å². The van der Waals surface area contributed by atoms with Gasteiger partial charge >= 0.3 is 5.97 Å². The number of nitrogens with zero attached hydrogens (tertiary/aromatic N) is 2. The molecule has 1 heterocycles. The van der Waals surface area contributed by atoms with E-state index in [1.807, 2.05) is 36.7 Å². The molecular weight excluding hydrogens is 268 g/mol. The molecule has 0 amide bonds. The molecule has 0 saturated heterocycles. The molecule has 1 fully saturated rings. The van der Waals surface area contributed by atoms with Gasteiger partial charge in [0.2, 0.25) is 0 Å². The smallest absolute Gasteiger partial charge is 0.319 e. The minimum absolute atomic E-state index is 0.151. The van der Waals surface area contributed by atoms with Gasteiger partial charge in [0.25, 0.3) is 0 Å². The second-order valence-electron chi connectivity index (χ2n) is 5.51. The van der Waals surface area contributed by atoms with Gasteiger partial charge in [-0.3, -0.25) is 4.79 Å². The van der Waals surface area contributed by atoms with Crippen molar-refractivity contribution in [2.24, 2.45) is 7.05 Å². The summed E-state index contributed by atoms with van der Waals surface area (Å²) in [6.45, 7) is 2.24. The van der Waals surface area contributed by atoms with Crippen molar-refractivity contribution in [3.8, 4) is 5.75 Å². The number of carbonyl (C=O) groups excluding carboxylic acids is 1. The molecule has 21 heavy (non-hydrogen) atoms. The predicted molar refractivity (Wildman–Crippen MR) is 79.4 cm³/mol. The third-order valence-electron chi connectivity index (χ3n) is 4.39. The molecule has 0 radical (unpaired) electrons. The number of esters is 1. The Balaban J connectivity index is 2.10. The Morgan fingerprint density at radius 2 is 2.19 bits per heavy atom. The lowest BCUT2D eigenvalue weighted by molar-refractivity contribution is -0.154. The molecule has 0 spiro atoms. The second kappa shape index (κ2) is 5.06. The molecule has 3 rings (SSSR count). The number of hydrogen-bond acceptors (Lipinski definition) is 4. The van der Waals surface area contributed by atoms with Gasteiger partial charge in [-0.2, -0.15) is 0 Å². The van der Waals surface area contributed by atoms with Crippen molar-refractivity contribution >= 4 is 17.0 Å². The zero-order valence-corrected chi connectivity index (χ0v) is 12.7. The summed E-state index contributed by atoms with van der Waals surface area (Å²) in [5.41, 5.74) is 1.28. The second-order valence-corrected chi connectivity index (χ2v) is 5.51. The van der Waals surface area contributed by atoms with Gasteiger partial charge in [0.1, 0.15) is 17.0 Å². The highest BCUT2D eigenvalue weighted by atomic mass is 16.5. The topological polar surface area (TPSA) is 53.4 Å². The van der Waals surface area contributed by atoms with Crippen molar-refractivity contribution in [1.29, 1.82) is 0 Å². The van der Waals surface area contributed by atoms with E-state index in [0.29, 0.717) is 6.61 Å². The Morgan fingerprint density at radius 1 is 1.43 bits per heavy atom. The first-order valence-electron chi connectivity index (χ1n) is 7.30. The summed E-state index contributed by atoms with van der Waals surface area (Å²) in [7, 11) is 3.59. The highest BCUT2D eigenvalue weighted by molar-refractivity contribution is 5.86. The first kappa shape index (κ1) is 13.9. The molecule has 0 aliphatic heterocycles. The van der Waals surface area contributed by atoms with Crippen LogP contribution in [0, 0.1) is 0 Å². The number of aromatic nitrogens is 2. The zero-order chi connectivity index (χ0) is 15.0. The standard InChI is InChI=1S/C16H20N2O3/c1-4-21-15(19)16(8-5-9-16)14-17-12-10-11(20-3)6-7-13(12)18(14)2/h6-7,10H,4-5,8-9H2,1-3H3. The molecule has 1 aliphatic carbocycles. The summed E-state index contributed by atoms with van der Waals surface area (Å²) >= 11 is 0. The summed E-state index contributed by atoms with van der Waals surface area (Å²) in [6, 6.07) is 5.78. The molecule has 1 aromatic carbocycles. The number of rotatable bonds is 4. The van der Waals surface area contributed by atoms with Gasteiger partial charge in [-0.05, 0) is 31.9 Å². The highest BCUT2D eigenvalue weighted by Crippen LogP contribution is 2.45. The van der Waals surface area contributed by atoms with Gasteiger partial charge in [0.05, 0.1) is 24.8 Å². The minimum Gasteiger partial charge on any atom is -0.497 e. The predicted octanol–water partition coefficient (Wildman–Crippen LogP) is 2.57. The maximum atomic E-state index is 12.4. The van der Waals surface area contributed by atoms with Crippen LogP contribution in [0.3, 0.4) is 0 Å². The quantitative estimate of drug-likeness (QED) is 0.811. The van der Waals surface area contributed by atoms with Gasteiger partial charge in [0.15, 0.2) is 0 Å². The Labute approximate surface area is 123 Å². The fourth-order valence-electron chi connectivity index (χ4n) is 3.05. The monoisotopic (exact) mass is 288 g/mol. The lowest BCUT2D eigenvalue weighted by atomic mass is 9.68. The average Bonchev–Trinajstić information content (AvgIpc) is 2.75. The van der Waals surface area contributed by atoms with Crippen LogP contribution in [-0.4, -0.2) is 29.2 Å². The van der Waals surface area contributed by atoms with E-state index < -0.39 is 5.41 Å². The van der Waals surface area contributed by atoms with Gasteiger partial charge in [-0.1, -0.05) is 6.42 Å². The maximum Gasteiger partial charge on any atom is 0.319 e. The fraction of sp³-hybridized carbons (Fsp3) is 0.500. The molecule has 1 saturated carbocycles. The largest absolute Gasteiger partial charge is 0.497 e. The van der Waals surface area contributed by atoms with E-state index in [0.717, 1.165) is 41.9 Å². The third kappa shape index (κ3) is 1.99. The zero-order valence-electron chi connectivity index (χ0n) is 12.7. The molecule has 0 unspecified atom stereocenters. The third-order valence-corrected chi connectivity index (χ3v) is 4.39. The summed E-state index contributed by atoms with van der Waals surface area (Å²) in [6.07, 6.45) is 2.64. The Kier molecular flexibility index (Phi) is 3.35. The summed E-state index contributed by atoms with van der Waals surface area (Å²) in [5, 5.41) is 0. The van der Waals surface area contributed by atoms with E-state index >= 15 is 0 Å². The lowest BCUT2D eigenvalue weighted by Gasteiger charge is -2.38. The Bertz CT molecular complexity index is 686. The molecule has 1 aromatic heterocycles. The normalized spacial score (nSPS) is 16.5. The molecule has 0 N–H and O–H groups in total. The van der Waals surface area contributed by atoms with Crippen LogP contribution >= 0.6 is 0 Å². The van der Waals surface area contributed by atoms with Crippen molar-refractivity contribution < 1.29 is 14.3 Å². The van der Waals surface area contributed by atoms with E-state index in [1.165, 1.54) is 0 Å². The number of carbonyl (C=O) groups is 1. The van der Waals surface area contributed by atoms with Crippen LogP contribution < -0.4 is 4.74 Å². The summed E-state index contributed by atoms with van der Waals surface area (Å²) < 4.78 is 12.5. The van der Waals surface area contributed by atoms with Crippen LogP contribution in [0.15, 0.2) is 18.2 Å². The van der Waals surface area contributed by atoms with E-state index in [9.17, 15) is 4.79 Å². The van der Waals surface area contributed by atoms with Crippen LogP contribution in [0.5, 0.6) is 5.75 Å². The first-order chi connectivity index (χ1) is 10.1. The summed E-state index contributed by atoms with van der Waals surface area (Å²) in [5.74, 6) is 1.42. The first-order valence-corrected chi connectivity index (χ1v) is 7.30. The number of ether oxygens (including phenoxy) is 2. The highest BCUT2D eigenvalue weighted by Gasteiger charge is 2.50. The summed E-state index contributed by atoms with van der Waals surface area (Å²) in [4.78, 5) is 17.1. The van der Waals surface area contributed by atoms with E-state index in [2.05, 4.69) is 0 Å². The van der Waals surface area contributed by atoms with Crippen molar-refractivity contribution in [3.63, 3.8) is 0 Å². The van der Waals surface area contributed by atoms with Crippen molar-refractivity contribution in [2.45, 2.75) is 31.6 Å². The molecule has 0 atom stereocenters. The van der Waals surface area contributed by atoms with Crippen molar-refractivity contribution in [2.75, 3.05) is 13.7 Å². The fourth-order valence-corrected chi connectivity index (χ4v) is 3.05. The molecule has 5 heteroatoms. The Morgan fingerprint density at radius 3 is 2.76 bits per heavy atom. The number of fused-ring (bicyclic) bond motifs is 1. The number of imidazole rings is 1. The maximum absolute atomic E-state index is 12.4. The molecule has 5 nitrogen and oxygen atoms in total. The number of methoxy groups -OCH3 is 1. The Hall–Kier alpha value is -2.04. The van der Waals surface area contributed by atoms with Gasteiger partial charge in [0, 0.05) is 13.1 Å². The van der Waals surface area contributed by atoms with Crippen LogP contribution in [0.1, 0.15) is 32.0 Å². The van der Waals surface area contributed by atoms with Gasteiger partial charge in [-0.25, -0.2) is 4.98 Å². The van der Waals surface area contributed by atoms with Gasteiger partial charge < -0.3 is 14.0 Å². The SMILES string of the molecule is CCOC(=O)C1(c2nc3cc(OC)ccc3n2C)CCC1. The number of hydrogen-bond donors (Lipinski definition) is 0. The molecule has 2 aromatic rings. The number of benzene rings is 1. The van der Waals surface area contributed by atoms with Crippen molar-refractivity contribution in [3.05, 3.63) is 24.0 Å². The van der Waals surface area contributed by atoms with Gasteiger partial charge in [-0.15, -0.1) is 0 Å². The van der Waals surface area contributed by atoms with Crippen molar-refractivity contribution in [1.82, 2.24) is 9.55 Å².